The standard InChI is InChI=1S/C13H29NO/c1-4-6-7-8-9-10-13(3)14-11-12-15-5-2/h13-14H,4-12H2,1-3H3. The van der Waals surface area contributed by atoms with E-state index in [-0.39, 0.29) is 0 Å². The fraction of sp³-hybridized carbons (Fsp3) is 1.00. The third-order valence-electron chi connectivity index (χ3n) is 2.68. The van der Waals surface area contributed by atoms with E-state index in [1.54, 1.807) is 0 Å². The van der Waals surface area contributed by atoms with Gasteiger partial charge in [-0.3, -0.25) is 0 Å². The van der Waals surface area contributed by atoms with Gasteiger partial charge in [-0.1, -0.05) is 39.0 Å². The van der Waals surface area contributed by atoms with Crippen LogP contribution in [0.2, 0.25) is 0 Å². The molecule has 1 unspecified atom stereocenters. The Morgan fingerprint density at radius 3 is 2.47 bits per heavy atom. The van der Waals surface area contributed by atoms with Crippen LogP contribution in [-0.4, -0.2) is 25.8 Å². The van der Waals surface area contributed by atoms with Crippen molar-refractivity contribution < 1.29 is 4.74 Å². The molecule has 92 valence electrons. The van der Waals surface area contributed by atoms with E-state index in [4.69, 9.17) is 4.74 Å². The molecule has 0 aliphatic heterocycles. The van der Waals surface area contributed by atoms with Crippen molar-refractivity contribution >= 4 is 0 Å². The minimum atomic E-state index is 0.645. The van der Waals surface area contributed by atoms with Gasteiger partial charge in [-0.25, -0.2) is 0 Å². The van der Waals surface area contributed by atoms with Gasteiger partial charge in [0.1, 0.15) is 0 Å². The molecule has 1 atom stereocenters. The van der Waals surface area contributed by atoms with Crippen LogP contribution in [0.15, 0.2) is 0 Å². The van der Waals surface area contributed by atoms with Crippen LogP contribution in [0.25, 0.3) is 0 Å². The predicted octanol–water partition coefficient (Wildman–Crippen LogP) is 3.36. The Bertz CT molecular complexity index is 117. The van der Waals surface area contributed by atoms with Crippen molar-refractivity contribution in [2.75, 3.05) is 19.8 Å². The van der Waals surface area contributed by atoms with E-state index in [1.807, 2.05) is 6.92 Å². The Morgan fingerprint density at radius 1 is 1.07 bits per heavy atom. The van der Waals surface area contributed by atoms with Gasteiger partial charge < -0.3 is 10.1 Å². The van der Waals surface area contributed by atoms with Crippen LogP contribution in [0, 0.1) is 0 Å². The second-order valence-corrected chi connectivity index (χ2v) is 4.25. The topological polar surface area (TPSA) is 21.3 Å². The Labute approximate surface area is 95.8 Å². The predicted molar refractivity (Wildman–Crippen MR) is 67.3 cm³/mol. The van der Waals surface area contributed by atoms with Gasteiger partial charge in [-0.05, 0) is 20.3 Å². The van der Waals surface area contributed by atoms with Crippen molar-refractivity contribution in [3.63, 3.8) is 0 Å². The van der Waals surface area contributed by atoms with Crippen LogP contribution in [0.5, 0.6) is 0 Å². The van der Waals surface area contributed by atoms with Crippen molar-refractivity contribution in [3.05, 3.63) is 0 Å². The second kappa shape index (κ2) is 12.0. The Hall–Kier alpha value is -0.0800. The van der Waals surface area contributed by atoms with Gasteiger partial charge >= 0.3 is 0 Å². The maximum atomic E-state index is 5.28. The molecule has 0 aromatic heterocycles. The third kappa shape index (κ3) is 11.8. The summed E-state index contributed by atoms with van der Waals surface area (Å²) < 4.78 is 5.28. The smallest absolute Gasteiger partial charge is 0.0590 e. The molecule has 0 saturated carbocycles. The first-order chi connectivity index (χ1) is 7.31. The summed E-state index contributed by atoms with van der Waals surface area (Å²) in [4.78, 5) is 0. The van der Waals surface area contributed by atoms with Crippen molar-refractivity contribution in [1.29, 1.82) is 0 Å². The zero-order valence-corrected chi connectivity index (χ0v) is 10.8. The molecule has 1 N–H and O–H groups in total. The maximum Gasteiger partial charge on any atom is 0.0590 e. The number of ether oxygens (including phenoxy) is 1. The SMILES string of the molecule is CCCCCCCC(C)NCCOCC. The highest BCUT2D eigenvalue weighted by atomic mass is 16.5. The van der Waals surface area contributed by atoms with Crippen LogP contribution in [0.4, 0.5) is 0 Å². The summed E-state index contributed by atoms with van der Waals surface area (Å²) in [6.45, 7) is 9.23. The largest absolute Gasteiger partial charge is 0.380 e. The first kappa shape index (κ1) is 14.9. The molecule has 0 bridgehead atoms. The molecule has 0 saturated heterocycles. The minimum absolute atomic E-state index is 0.645. The molecule has 0 radical (unpaired) electrons. The van der Waals surface area contributed by atoms with E-state index in [9.17, 15) is 0 Å². The summed E-state index contributed by atoms with van der Waals surface area (Å²) in [7, 11) is 0. The molecule has 2 heteroatoms. The Kier molecular flexibility index (Phi) is 11.9. The molecule has 15 heavy (non-hydrogen) atoms. The average Bonchev–Trinajstić information content (AvgIpc) is 2.24. The number of nitrogens with one attached hydrogen (secondary N) is 1. The van der Waals surface area contributed by atoms with E-state index < -0.39 is 0 Å². The van der Waals surface area contributed by atoms with Gasteiger partial charge in [0, 0.05) is 19.2 Å². The average molecular weight is 215 g/mol. The molecular formula is C13H29NO. The van der Waals surface area contributed by atoms with E-state index in [1.165, 1.54) is 38.5 Å². The fourth-order valence-electron chi connectivity index (χ4n) is 1.68. The molecule has 0 aliphatic rings. The Morgan fingerprint density at radius 2 is 1.80 bits per heavy atom. The van der Waals surface area contributed by atoms with Crippen molar-refractivity contribution in [3.8, 4) is 0 Å². The first-order valence-electron chi connectivity index (χ1n) is 6.62. The number of hydrogen-bond donors (Lipinski definition) is 1. The van der Waals surface area contributed by atoms with E-state index >= 15 is 0 Å². The van der Waals surface area contributed by atoms with Crippen LogP contribution in [0.1, 0.15) is 59.3 Å². The second-order valence-electron chi connectivity index (χ2n) is 4.25. The molecule has 0 aromatic rings. The molecular weight excluding hydrogens is 186 g/mol. The zero-order chi connectivity index (χ0) is 11.4. The summed E-state index contributed by atoms with van der Waals surface area (Å²) in [5.41, 5.74) is 0. The van der Waals surface area contributed by atoms with Gasteiger partial charge in [0.25, 0.3) is 0 Å². The zero-order valence-electron chi connectivity index (χ0n) is 10.8. The highest BCUT2D eigenvalue weighted by Gasteiger charge is 1.99. The van der Waals surface area contributed by atoms with E-state index in [0.29, 0.717) is 6.04 Å². The van der Waals surface area contributed by atoms with Gasteiger partial charge in [-0.15, -0.1) is 0 Å². The summed E-state index contributed by atoms with van der Waals surface area (Å²) >= 11 is 0. The molecule has 0 fully saturated rings. The van der Waals surface area contributed by atoms with Crippen molar-refractivity contribution in [1.82, 2.24) is 5.32 Å². The van der Waals surface area contributed by atoms with Gasteiger partial charge in [0.15, 0.2) is 0 Å². The summed E-state index contributed by atoms with van der Waals surface area (Å²) in [5.74, 6) is 0. The van der Waals surface area contributed by atoms with Gasteiger partial charge in [0.2, 0.25) is 0 Å². The molecule has 0 spiro atoms. The summed E-state index contributed by atoms with van der Waals surface area (Å²) in [5, 5.41) is 3.48. The quantitative estimate of drug-likeness (QED) is 0.534. The molecule has 0 amide bonds. The molecule has 0 aromatic carbocycles. The highest BCUT2D eigenvalue weighted by molar-refractivity contribution is 4.60. The lowest BCUT2D eigenvalue weighted by Crippen LogP contribution is -2.29. The first-order valence-corrected chi connectivity index (χ1v) is 6.62. The van der Waals surface area contributed by atoms with Crippen LogP contribution in [-0.2, 0) is 4.74 Å². The van der Waals surface area contributed by atoms with Crippen LogP contribution in [0.3, 0.4) is 0 Å². The highest BCUT2D eigenvalue weighted by Crippen LogP contribution is 2.06. The van der Waals surface area contributed by atoms with Crippen LogP contribution < -0.4 is 5.32 Å². The summed E-state index contributed by atoms with van der Waals surface area (Å²) in [6.07, 6.45) is 8.19. The molecule has 0 heterocycles. The van der Waals surface area contributed by atoms with Crippen molar-refractivity contribution in [2.45, 2.75) is 65.3 Å². The minimum Gasteiger partial charge on any atom is -0.380 e. The monoisotopic (exact) mass is 215 g/mol. The van der Waals surface area contributed by atoms with Crippen molar-refractivity contribution in [2.24, 2.45) is 0 Å². The van der Waals surface area contributed by atoms with E-state index in [0.717, 1.165) is 19.8 Å². The van der Waals surface area contributed by atoms with E-state index in [2.05, 4.69) is 19.2 Å². The van der Waals surface area contributed by atoms with Crippen LogP contribution >= 0.6 is 0 Å². The lowest BCUT2D eigenvalue weighted by molar-refractivity contribution is 0.147. The Balaban J connectivity index is 3.08. The van der Waals surface area contributed by atoms with Gasteiger partial charge in [-0.2, -0.15) is 0 Å². The lowest BCUT2D eigenvalue weighted by Gasteiger charge is -2.13. The number of unbranched alkanes of at least 4 members (excludes halogenated alkanes) is 4. The number of rotatable bonds is 11. The molecule has 0 aliphatic carbocycles. The van der Waals surface area contributed by atoms with Gasteiger partial charge in [0.05, 0.1) is 6.61 Å². The summed E-state index contributed by atoms with van der Waals surface area (Å²) in [6, 6.07) is 0.645. The lowest BCUT2D eigenvalue weighted by atomic mass is 10.1. The normalized spacial score (nSPS) is 13.0. The maximum absolute atomic E-state index is 5.28. The molecule has 0 rings (SSSR count). The molecule has 2 nitrogen and oxygen atoms in total. The number of hydrogen-bond acceptors (Lipinski definition) is 2. The third-order valence-corrected chi connectivity index (χ3v) is 2.68. The fourth-order valence-corrected chi connectivity index (χ4v) is 1.68.